The number of rotatable bonds is 4. The molecule has 1 aromatic heterocycles. The predicted octanol–water partition coefficient (Wildman–Crippen LogP) is 3.93. The third-order valence-corrected chi connectivity index (χ3v) is 3.26. The van der Waals surface area contributed by atoms with Crippen LogP contribution in [0.3, 0.4) is 0 Å². The molecule has 0 aliphatic carbocycles. The molecule has 1 unspecified atom stereocenters. The van der Waals surface area contributed by atoms with Crippen molar-refractivity contribution >= 4 is 22.6 Å². The lowest BCUT2D eigenvalue weighted by Gasteiger charge is -2.28. The highest BCUT2D eigenvalue weighted by Gasteiger charge is 2.32. The normalized spacial score (nSPS) is 14.1. The zero-order valence-corrected chi connectivity index (χ0v) is 11.5. The van der Waals surface area contributed by atoms with Gasteiger partial charge in [0, 0.05) is 12.0 Å². The largest absolute Gasteiger partial charge is 0.457 e. The van der Waals surface area contributed by atoms with Crippen LogP contribution in [-0.2, 0) is 4.74 Å². The number of furan rings is 1. The molecular weight excluding hydrogens is 252 g/mol. The van der Waals surface area contributed by atoms with E-state index in [9.17, 15) is 5.11 Å². The van der Waals surface area contributed by atoms with E-state index in [1.807, 2.05) is 32.9 Å². The van der Waals surface area contributed by atoms with Gasteiger partial charge in [0.15, 0.2) is 5.58 Å². The molecule has 1 atom stereocenters. The number of aliphatic hydroxyl groups is 1. The Balaban J connectivity index is 2.39. The molecule has 98 valence electrons. The number of benzene rings is 1. The molecule has 0 saturated heterocycles. The fourth-order valence-electron chi connectivity index (χ4n) is 1.98. The molecular formula is C14H17ClO3. The maximum atomic E-state index is 10.3. The molecule has 18 heavy (non-hydrogen) atoms. The number of hydrogen-bond donors (Lipinski definition) is 1. The minimum absolute atomic E-state index is 0.469. The minimum Gasteiger partial charge on any atom is -0.457 e. The second-order valence-electron chi connectivity index (χ2n) is 4.75. The van der Waals surface area contributed by atoms with Crippen LogP contribution in [0.15, 0.2) is 28.7 Å². The third-order valence-electron chi connectivity index (χ3n) is 2.96. The fourth-order valence-corrected chi connectivity index (χ4v) is 2.20. The molecule has 1 N–H and O–H groups in total. The molecule has 1 aromatic carbocycles. The molecule has 1 heterocycles. The molecule has 2 rings (SSSR count). The summed E-state index contributed by atoms with van der Waals surface area (Å²) in [4.78, 5) is 0. The van der Waals surface area contributed by atoms with Gasteiger partial charge in [0.2, 0.25) is 0 Å². The maximum absolute atomic E-state index is 10.3. The van der Waals surface area contributed by atoms with E-state index in [1.54, 1.807) is 12.1 Å². The van der Waals surface area contributed by atoms with Crippen LogP contribution in [0.25, 0.3) is 11.0 Å². The van der Waals surface area contributed by atoms with Crippen LogP contribution in [0.4, 0.5) is 0 Å². The maximum Gasteiger partial charge on any atom is 0.152 e. The van der Waals surface area contributed by atoms with Crippen molar-refractivity contribution in [2.75, 3.05) is 6.61 Å². The summed E-state index contributed by atoms with van der Waals surface area (Å²) in [6.07, 6.45) is -0.832. The Hall–Kier alpha value is -1.03. The number of para-hydroxylation sites is 1. The lowest BCUT2D eigenvalue weighted by molar-refractivity contribution is -0.105. The minimum atomic E-state index is -0.832. The summed E-state index contributed by atoms with van der Waals surface area (Å²) in [5.74, 6) is 0.469. The van der Waals surface area contributed by atoms with Crippen LogP contribution in [-0.4, -0.2) is 17.3 Å². The highest BCUT2D eigenvalue weighted by Crippen LogP contribution is 2.34. The smallest absolute Gasteiger partial charge is 0.152 e. The number of hydrogen-bond acceptors (Lipinski definition) is 3. The first-order valence-corrected chi connectivity index (χ1v) is 6.33. The molecule has 0 bridgehead atoms. The second-order valence-corrected chi connectivity index (χ2v) is 5.15. The Morgan fingerprint density at radius 1 is 1.44 bits per heavy atom. The molecule has 3 nitrogen and oxygen atoms in total. The highest BCUT2D eigenvalue weighted by atomic mass is 35.5. The SMILES string of the molecule is CCOC(C)(C)C(O)c1cc2cccc(Cl)c2o1. The summed E-state index contributed by atoms with van der Waals surface area (Å²) in [6.45, 7) is 6.08. The lowest BCUT2D eigenvalue weighted by Crippen LogP contribution is -2.32. The first-order valence-electron chi connectivity index (χ1n) is 5.95. The van der Waals surface area contributed by atoms with Gasteiger partial charge in [-0.05, 0) is 32.9 Å². The van der Waals surface area contributed by atoms with Crippen LogP contribution in [0.1, 0.15) is 32.6 Å². The van der Waals surface area contributed by atoms with Gasteiger partial charge in [0.25, 0.3) is 0 Å². The molecule has 0 amide bonds. The molecule has 0 saturated carbocycles. The summed E-state index contributed by atoms with van der Waals surface area (Å²) in [5.41, 5.74) is -0.102. The second kappa shape index (κ2) is 4.92. The fraction of sp³-hybridized carbons (Fsp3) is 0.429. The summed E-state index contributed by atoms with van der Waals surface area (Å²) in [6, 6.07) is 7.31. The zero-order valence-electron chi connectivity index (χ0n) is 10.7. The number of aliphatic hydroxyl groups excluding tert-OH is 1. The monoisotopic (exact) mass is 268 g/mol. The van der Waals surface area contributed by atoms with Crippen LogP contribution in [0, 0.1) is 0 Å². The molecule has 0 aliphatic rings. The Kier molecular flexibility index (Phi) is 3.66. The molecule has 0 radical (unpaired) electrons. The van der Waals surface area contributed by atoms with E-state index >= 15 is 0 Å². The van der Waals surface area contributed by atoms with Gasteiger partial charge >= 0.3 is 0 Å². The van der Waals surface area contributed by atoms with Crippen molar-refractivity contribution in [3.05, 3.63) is 35.0 Å². The average Bonchev–Trinajstić information content (AvgIpc) is 2.73. The average molecular weight is 269 g/mol. The van der Waals surface area contributed by atoms with Crippen molar-refractivity contribution in [3.8, 4) is 0 Å². The first kappa shape index (κ1) is 13.4. The van der Waals surface area contributed by atoms with Crippen molar-refractivity contribution in [3.63, 3.8) is 0 Å². The lowest BCUT2D eigenvalue weighted by atomic mass is 9.99. The van der Waals surface area contributed by atoms with Gasteiger partial charge in [-0.25, -0.2) is 0 Å². The van der Waals surface area contributed by atoms with E-state index < -0.39 is 11.7 Å². The number of halogens is 1. The molecule has 0 spiro atoms. The van der Waals surface area contributed by atoms with Crippen molar-refractivity contribution in [1.29, 1.82) is 0 Å². The zero-order chi connectivity index (χ0) is 13.3. The third kappa shape index (κ3) is 2.39. The van der Waals surface area contributed by atoms with Crippen molar-refractivity contribution in [2.45, 2.75) is 32.5 Å². The quantitative estimate of drug-likeness (QED) is 0.913. The summed E-state index contributed by atoms with van der Waals surface area (Å²) in [7, 11) is 0. The predicted molar refractivity (Wildman–Crippen MR) is 71.9 cm³/mol. The molecule has 2 aromatic rings. The molecule has 0 fully saturated rings. The van der Waals surface area contributed by atoms with Gasteiger partial charge in [0.05, 0.1) is 10.6 Å². The van der Waals surface area contributed by atoms with Crippen LogP contribution in [0.2, 0.25) is 5.02 Å². The van der Waals surface area contributed by atoms with E-state index in [0.717, 1.165) is 5.39 Å². The summed E-state index contributed by atoms with van der Waals surface area (Å²) < 4.78 is 11.2. The van der Waals surface area contributed by atoms with Gasteiger partial charge in [-0.2, -0.15) is 0 Å². The Morgan fingerprint density at radius 2 is 2.17 bits per heavy atom. The van der Waals surface area contributed by atoms with E-state index in [4.69, 9.17) is 20.8 Å². The summed E-state index contributed by atoms with van der Waals surface area (Å²) in [5, 5.41) is 11.7. The van der Waals surface area contributed by atoms with Crippen molar-refractivity contribution in [1.82, 2.24) is 0 Å². The number of ether oxygens (including phenoxy) is 1. The standard InChI is InChI=1S/C14H17ClO3/c1-4-17-14(2,3)13(16)11-8-9-6-5-7-10(15)12(9)18-11/h5-8,13,16H,4H2,1-3H3. The van der Waals surface area contributed by atoms with Crippen LogP contribution < -0.4 is 0 Å². The molecule has 0 aliphatic heterocycles. The van der Waals surface area contributed by atoms with Gasteiger partial charge in [-0.3, -0.25) is 0 Å². The summed E-state index contributed by atoms with van der Waals surface area (Å²) >= 11 is 6.04. The first-order chi connectivity index (χ1) is 8.45. The van der Waals surface area contributed by atoms with Gasteiger partial charge in [0.1, 0.15) is 11.9 Å². The van der Waals surface area contributed by atoms with E-state index in [2.05, 4.69) is 0 Å². The van der Waals surface area contributed by atoms with Crippen molar-refractivity contribution < 1.29 is 14.3 Å². The van der Waals surface area contributed by atoms with Crippen molar-refractivity contribution in [2.24, 2.45) is 0 Å². The highest BCUT2D eigenvalue weighted by molar-refractivity contribution is 6.34. The van der Waals surface area contributed by atoms with E-state index in [0.29, 0.717) is 23.0 Å². The Morgan fingerprint density at radius 3 is 2.78 bits per heavy atom. The number of fused-ring (bicyclic) bond motifs is 1. The van der Waals surface area contributed by atoms with Crippen LogP contribution in [0.5, 0.6) is 0 Å². The topological polar surface area (TPSA) is 42.6 Å². The van der Waals surface area contributed by atoms with Gasteiger partial charge in [-0.15, -0.1) is 0 Å². The Labute approximate surface area is 111 Å². The molecule has 4 heteroatoms. The Bertz CT molecular complexity index is 545. The van der Waals surface area contributed by atoms with Gasteiger partial charge < -0.3 is 14.3 Å². The van der Waals surface area contributed by atoms with E-state index in [1.165, 1.54) is 0 Å². The van der Waals surface area contributed by atoms with Gasteiger partial charge in [-0.1, -0.05) is 23.7 Å². The van der Waals surface area contributed by atoms with E-state index in [-0.39, 0.29) is 0 Å². The van der Waals surface area contributed by atoms with Crippen LogP contribution >= 0.6 is 11.6 Å².